The average Bonchev–Trinajstić information content (AvgIpc) is 2.74. The molecule has 5 nitrogen and oxygen atoms in total. The maximum atomic E-state index is 12.2. The topological polar surface area (TPSA) is 81.1 Å². The van der Waals surface area contributed by atoms with Crippen molar-refractivity contribution in [1.29, 1.82) is 0 Å². The molecule has 0 fully saturated rings. The first-order valence-electron chi connectivity index (χ1n) is 5.48. The first-order valence-corrected chi connectivity index (χ1v) is 5.48. The Morgan fingerprint density at radius 2 is 2.05 bits per heavy atom. The molecule has 2 rings (SSSR count). The molecule has 0 aliphatic carbocycles. The summed E-state index contributed by atoms with van der Waals surface area (Å²) in [6, 6.07) is 4.01. The summed E-state index contributed by atoms with van der Waals surface area (Å²) in [6.07, 6.45) is -1.92. The minimum absolute atomic E-state index is 0.0589. The molecule has 1 amide bonds. The molecule has 106 valence electrons. The van der Waals surface area contributed by atoms with Gasteiger partial charge in [0.2, 0.25) is 0 Å². The monoisotopic (exact) mass is 285 g/mol. The highest BCUT2D eigenvalue weighted by atomic mass is 19.4. The summed E-state index contributed by atoms with van der Waals surface area (Å²) in [6.45, 7) is -1.20. The zero-order valence-electron chi connectivity index (χ0n) is 10.1. The Morgan fingerprint density at radius 3 is 2.60 bits per heavy atom. The molecular weight excluding hydrogens is 275 g/mol. The summed E-state index contributed by atoms with van der Waals surface area (Å²) < 4.78 is 37.4. The lowest BCUT2D eigenvalue weighted by atomic mass is 10.1. The molecule has 0 aliphatic heterocycles. The van der Waals surface area contributed by atoms with Crippen molar-refractivity contribution in [3.8, 4) is 16.9 Å². The van der Waals surface area contributed by atoms with E-state index in [2.05, 4.69) is 5.10 Å². The van der Waals surface area contributed by atoms with E-state index in [0.717, 1.165) is 4.68 Å². The summed E-state index contributed by atoms with van der Waals surface area (Å²) >= 11 is 0. The molecule has 0 radical (unpaired) electrons. The number of nitrogens with two attached hydrogens (primary N) is 1. The van der Waals surface area contributed by atoms with Gasteiger partial charge < -0.3 is 10.8 Å². The molecule has 0 unspecified atom stereocenters. The number of phenols is 1. The van der Waals surface area contributed by atoms with Gasteiger partial charge in [-0.15, -0.1) is 0 Å². The van der Waals surface area contributed by atoms with Crippen LogP contribution in [0.3, 0.4) is 0 Å². The molecule has 1 aromatic carbocycles. The molecule has 20 heavy (non-hydrogen) atoms. The number of nitrogens with zero attached hydrogens (tertiary/aromatic N) is 2. The van der Waals surface area contributed by atoms with Crippen molar-refractivity contribution in [3.05, 3.63) is 36.2 Å². The molecule has 0 atom stereocenters. The Labute approximate surface area is 111 Å². The number of aromatic hydroxyl groups is 1. The van der Waals surface area contributed by atoms with Gasteiger partial charge in [0.25, 0.3) is 5.91 Å². The van der Waals surface area contributed by atoms with Crippen LogP contribution in [0.15, 0.2) is 30.6 Å². The van der Waals surface area contributed by atoms with E-state index in [4.69, 9.17) is 5.73 Å². The van der Waals surface area contributed by atoms with Gasteiger partial charge in [-0.2, -0.15) is 18.3 Å². The fourth-order valence-electron chi connectivity index (χ4n) is 1.70. The van der Waals surface area contributed by atoms with Crippen LogP contribution in [0.1, 0.15) is 10.4 Å². The van der Waals surface area contributed by atoms with E-state index < -0.39 is 18.6 Å². The van der Waals surface area contributed by atoms with E-state index in [1.54, 1.807) is 0 Å². The van der Waals surface area contributed by atoms with E-state index >= 15 is 0 Å². The number of carbonyl (C=O) groups excluding carboxylic acids is 1. The second-order valence-electron chi connectivity index (χ2n) is 4.14. The molecule has 1 heterocycles. The lowest BCUT2D eigenvalue weighted by Crippen LogP contribution is -2.17. The normalized spacial score (nSPS) is 11.6. The first kappa shape index (κ1) is 13.9. The highest BCUT2D eigenvalue weighted by molar-refractivity contribution is 5.96. The molecule has 0 aliphatic rings. The number of benzene rings is 1. The standard InChI is InChI=1S/C12H10F3N3O2/c13-12(14,15)6-18-5-8(4-17-18)7-1-2-9(11(16)20)10(19)3-7/h1-5,19H,6H2,(H2,16,20). The van der Waals surface area contributed by atoms with E-state index in [0.29, 0.717) is 11.1 Å². The number of alkyl halides is 3. The van der Waals surface area contributed by atoms with Gasteiger partial charge in [-0.05, 0) is 17.7 Å². The lowest BCUT2D eigenvalue weighted by molar-refractivity contribution is -0.142. The van der Waals surface area contributed by atoms with Crippen LogP contribution in [0.4, 0.5) is 13.2 Å². The number of aromatic nitrogens is 2. The van der Waals surface area contributed by atoms with Gasteiger partial charge in [-0.25, -0.2) is 0 Å². The predicted molar refractivity (Wildman–Crippen MR) is 63.9 cm³/mol. The lowest BCUT2D eigenvalue weighted by Gasteiger charge is -2.05. The molecule has 8 heteroatoms. The van der Waals surface area contributed by atoms with Crippen LogP contribution in [0.25, 0.3) is 11.1 Å². The van der Waals surface area contributed by atoms with Gasteiger partial charge in [0.1, 0.15) is 12.3 Å². The largest absolute Gasteiger partial charge is 0.507 e. The van der Waals surface area contributed by atoms with Gasteiger partial charge in [0.05, 0.1) is 11.8 Å². The van der Waals surface area contributed by atoms with Crippen LogP contribution in [-0.2, 0) is 6.54 Å². The smallest absolute Gasteiger partial charge is 0.408 e. The summed E-state index contributed by atoms with van der Waals surface area (Å²) in [7, 11) is 0. The van der Waals surface area contributed by atoms with E-state index in [1.807, 2.05) is 0 Å². The van der Waals surface area contributed by atoms with E-state index in [1.165, 1.54) is 30.6 Å². The molecule has 0 saturated carbocycles. The summed E-state index contributed by atoms with van der Waals surface area (Å²) in [5.74, 6) is -1.12. The number of primary amides is 1. The van der Waals surface area contributed by atoms with Crippen LogP contribution in [0.2, 0.25) is 0 Å². The Morgan fingerprint density at radius 1 is 1.35 bits per heavy atom. The molecular formula is C12H10F3N3O2. The highest BCUT2D eigenvalue weighted by Gasteiger charge is 2.28. The van der Waals surface area contributed by atoms with Crippen molar-refractivity contribution < 1.29 is 23.1 Å². The SMILES string of the molecule is NC(=O)c1ccc(-c2cnn(CC(F)(F)F)c2)cc1O. The van der Waals surface area contributed by atoms with Gasteiger partial charge in [-0.1, -0.05) is 6.07 Å². The van der Waals surface area contributed by atoms with Crippen LogP contribution in [-0.4, -0.2) is 27.0 Å². The Balaban J connectivity index is 2.29. The highest BCUT2D eigenvalue weighted by Crippen LogP contribution is 2.26. The minimum atomic E-state index is -4.36. The van der Waals surface area contributed by atoms with Crippen molar-refractivity contribution >= 4 is 5.91 Å². The summed E-state index contributed by atoms with van der Waals surface area (Å²) in [4.78, 5) is 11.0. The third kappa shape index (κ3) is 3.08. The Hall–Kier alpha value is -2.51. The average molecular weight is 285 g/mol. The van der Waals surface area contributed by atoms with Gasteiger partial charge >= 0.3 is 6.18 Å². The predicted octanol–water partition coefficient (Wildman–Crippen LogP) is 1.92. The number of halogens is 3. The van der Waals surface area contributed by atoms with Crippen LogP contribution in [0, 0.1) is 0 Å². The molecule has 3 N–H and O–H groups in total. The van der Waals surface area contributed by atoms with Crippen LogP contribution in [0.5, 0.6) is 5.75 Å². The summed E-state index contributed by atoms with van der Waals surface area (Å²) in [5.41, 5.74) is 5.80. The van der Waals surface area contributed by atoms with Gasteiger partial charge in [0.15, 0.2) is 0 Å². The Kier molecular flexibility index (Phi) is 3.39. The van der Waals surface area contributed by atoms with Crippen LogP contribution < -0.4 is 5.73 Å². The first-order chi connectivity index (χ1) is 9.26. The molecule has 0 saturated heterocycles. The van der Waals surface area contributed by atoms with Crippen molar-refractivity contribution in [2.45, 2.75) is 12.7 Å². The minimum Gasteiger partial charge on any atom is -0.507 e. The molecule has 0 bridgehead atoms. The van der Waals surface area contributed by atoms with Crippen LogP contribution >= 0.6 is 0 Å². The maximum absolute atomic E-state index is 12.2. The van der Waals surface area contributed by atoms with Crippen molar-refractivity contribution in [2.75, 3.05) is 0 Å². The second-order valence-corrected chi connectivity index (χ2v) is 4.14. The third-order valence-electron chi connectivity index (χ3n) is 2.57. The quantitative estimate of drug-likeness (QED) is 0.904. The van der Waals surface area contributed by atoms with Crippen molar-refractivity contribution in [1.82, 2.24) is 9.78 Å². The number of carbonyl (C=O) groups is 1. The number of amides is 1. The molecule has 2 aromatic rings. The molecule has 1 aromatic heterocycles. The van der Waals surface area contributed by atoms with E-state index in [-0.39, 0.29) is 11.3 Å². The fourth-order valence-corrected chi connectivity index (χ4v) is 1.70. The maximum Gasteiger partial charge on any atom is 0.408 e. The Bertz CT molecular complexity index is 650. The summed E-state index contributed by atoms with van der Waals surface area (Å²) in [5, 5.41) is 13.2. The van der Waals surface area contributed by atoms with E-state index in [9.17, 15) is 23.1 Å². The zero-order valence-corrected chi connectivity index (χ0v) is 10.1. The second kappa shape index (κ2) is 4.87. The van der Waals surface area contributed by atoms with Gasteiger partial charge in [-0.3, -0.25) is 9.48 Å². The fraction of sp³-hybridized carbons (Fsp3) is 0.167. The van der Waals surface area contributed by atoms with Crippen molar-refractivity contribution in [2.24, 2.45) is 5.73 Å². The molecule has 0 spiro atoms. The van der Waals surface area contributed by atoms with Gasteiger partial charge in [0, 0.05) is 11.8 Å². The number of hydrogen-bond acceptors (Lipinski definition) is 3. The number of rotatable bonds is 3. The van der Waals surface area contributed by atoms with Crippen molar-refractivity contribution in [3.63, 3.8) is 0 Å². The zero-order chi connectivity index (χ0) is 14.9. The number of hydrogen-bond donors (Lipinski definition) is 2. The third-order valence-corrected chi connectivity index (χ3v) is 2.57.